The molecule has 0 bridgehead atoms. The Kier molecular flexibility index (Phi) is 7.83. The van der Waals surface area contributed by atoms with E-state index in [0.29, 0.717) is 0 Å². The molecule has 7 nitrogen and oxygen atoms in total. The van der Waals surface area contributed by atoms with E-state index in [-0.39, 0.29) is 12.5 Å². The fraction of sp³-hybridized carbons (Fsp3) is 0.591. The van der Waals surface area contributed by atoms with Gasteiger partial charge in [0, 0.05) is 12.6 Å². The fourth-order valence-electron chi connectivity index (χ4n) is 2.83. The van der Waals surface area contributed by atoms with Crippen LogP contribution in [-0.2, 0) is 14.3 Å². The number of hydrogen-bond donors (Lipinski definition) is 2. The number of benzene rings is 1. The molecule has 162 valence electrons. The van der Waals surface area contributed by atoms with Crippen molar-refractivity contribution in [1.82, 2.24) is 15.5 Å². The summed E-state index contributed by atoms with van der Waals surface area (Å²) in [7, 11) is 1.56. The molecule has 2 N–H and O–H groups in total. The van der Waals surface area contributed by atoms with Crippen LogP contribution in [-0.4, -0.2) is 47.5 Å². The molecule has 0 fully saturated rings. The number of likely N-dealkylation sites (N-methyl/N-ethyl adjacent to an activating group) is 1. The van der Waals surface area contributed by atoms with E-state index in [0.717, 1.165) is 16.7 Å². The first-order valence-corrected chi connectivity index (χ1v) is 9.72. The minimum Gasteiger partial charge on any atom is -0.444 e. The van der Waals surface area contributed by atoms with Crippen molar-refractivity contribution in [3.05, 3.63) is 34.9 Å². The summed E-state index contributed by atoms with van der Waals surface area (Å²) in [6.07, 6.45) is -0.679. The number of aryl methyl sites for hydroxylation is 2. The first-order chi connectivity index (χ1) is 13.1. The Morgan fingerprint density at radius 1 is 1.07 bits per heavy atom. The van der Waals surface area contributed by atoms with E-state index in [2.05, 4.69) is 10.6 Å². The van der Waals surface area contributed by atoms with Gasteiger partial charge < -0.3 is 20.3 Å². The minimum absolute atomic E-state index is 0.268. The molecule has 0 heterocycles. The number of alkyl carbamates (subject to hydrolysis) is 1. The average molecular weight is 406 g/mol. The van der Waals surface area contributed by atoms with Gasteiger partial charge in [0.1, 0.15) is 18.2 Å². The third kappa shape index (κ3) is 8.13. The number of nitrogens with one attached hydrogen (secondary N) is 2. The van der Waals surface area contributed by atoms with Crippen molar-refractivity contribution in [3.63, 3.8) is 0 Å². The van der Waals surface area contributed by atoms with Gasteiger partial charge in [0.2, 0.25) is 11.8 Å². The molecule has 7 heteroatoms. The fourth-order valence-corrected chi connectivity index (χ4v) is 2.83. The van der Waals surface area contributed by atoms with Crippen LogP contribution in [0.25, 0.3) is 0 Å². The number of carbonyl (C=O) groups is 3. The minimum atomic E-state index is -0.817. The second-order valence-corrected chi connectivity index (χ2v) is 9.36. The van der Waals surface area contributed by atoms with Crippen molar-refractivity contribution in [2.45, 2.75) is 72.6 Å². The van der Waals surface area contributed by atoms with Crippen LogP contribution in [0.2, 0.25) is 0 Å². The lowest BCUT2D eigenvalue weighted by molar-refractivity contribution is -0.139. The molecule has 0 saturated heterocycles. The van der Waals surface area contributed by atoms with Gasteiger partial charge in [-0.15, -0.1) is 0 Å². The quantitative estimate of drug-likeness (QED) is 0.787. The molecule has 29 heavy (non-hydrogen) atoms. The predicted molar refractivity (Wildman–Crippen MR) is 114 cm³/mol. The molecule has 0 radical (unpaired) electrons. The molecule has 0 aliphatic rings. The second-order valence-electron chi connectivity index (χ2n) is 9.36. The van der Waals surface area contributed by atoms with Crippen LogP contribution in [0.5, 0.6) is 0 Å². The topological polar surface area (TPSA) is 87.7 Å². The summed E-state index contributed by atoms with van der Waals surface area (Å²) in [6.45, 7) is 14.5. The summed E-state index contributed by atoms with van der Waals surface area (Å²) >= 11 is 0. The van der Waals surface area contributed by atoms with Crippen molar-refractivity contribution < 1.29 is 19.1 Å². The van der Waals surface area contributed by atoms with E-state index in [1.54, 1.807) is 27.8 Å². The Bertz CT molecular complexity index is 760. The Morgan fingerprint density at radius 3 is 2.14 bits per heavy atom. The highest BCUT2D eigenvalue weighted by Gasteiger charge is 2.32. The van der Waals surface area contributed by atoms with Crippen LogP contribution < -0.4 is 10.6 Å². The zero-order chi connectivity index (χ0) is 22.6. The van der Waals surface area contributed by atoms with Gasteiger partial charge in [0.15, 0.2) is 0 Å². The molecule has 1 atom stereocenters. The highest BCUT2D eigenvalue weighted by atomic mass is 16.6. The van der Waals surface area contributed by atoms with Crippen LogP contribution in [0.3, 0.4) is 0 Å². The lowest BCUT2D eigenvalue weighted by Crippen LogP contribution is -2.50. The highest BCUT2D eigenvalue weighted by molar-refractivity contribution is 5.90. The Hall–Kier alpha value is -2.57. The van der Waals surface area contributed by atoms with Gasteiger partial charge in [0.25, 0.3) is 0 Å². The molecule has 0 saturated carbocycles. The summed E-state index contributed by atoms with van der Waals surface area (Å²) in [5.41, 5.74) is 1.62. The largest absolute Gasteiger partial charge is 0.444 e. The third-order valence-corrected chi connectivity index (χ3v) is 4.03. The number of nitrogens with zero attached hydrogens (tertiary/aromatic N) is 1. The lowest BCUT2D eigenvalue weighted by atomic mass is 9.96. The van der Waals surface area contributed by atoms with Crippen LogP contribution in [0.15, 0.2) is 18.2 Å². The predicted octanol–water partition coefficient (Wildman–Crippen LogP) is 3.24. The second kappa shape index (κ2) is 9.29. The van der Waals surface area contributed by atoms with E-state index in [1.807, 2.05) is 52.8 Å². The summed E-state index contributed by atoms with van der Waals surface area (Å²) < 4.78 is 5.16. The Balaban J connectivity index is 3.07. The van der Waals surface area contributed by atoms with E-state index >= 15 is 0 Å². The molecular weight excluding hydrogens is 370 g/mol. The maximum Gasteiger partial charge on any atom is 0.408 e. The van der Waals surface area contributed by atoms with Crippen molar-refractivity contribution in [3.8, 4) is 0 Å². The lowest BCUT2D eigenvalue weighted by Gasteiger charge is -2.32. The van der Waals surface area contributed by atoms with E-state index in [4.69, 9.17) is 4.74 Å². The van der Waals surface area contributed by atoms with Crippen LogP contribution in [0, 0.1) is 13.8 Å². The highest BCUT2D eigenvalue weighted by Crippen LogP contribution is 2.25. The molecule has 1 aromatic rings. The van der Waals surface area contributed by atoms with E-state index in [9.17, 15) is 14.4 Å². The van der Waals surface area contributed by atoms with Gasteiger partial charge in [0.05, 0.1) is 0 Å². The molecular formula is C22H35N3O4. The third-order valence-electron chi connectivity index (χ3n) is 4.03. The van der Waals surface area contributed by atoms with Gasteiger partial charge in [-0.1, -0.05) is 23.8 Å². The maximum atomic E-state index is 13.1. The van der Waals surface area contributed by atoms with Gasteiger partial charge in [-0.25, -0.2) is 4.79 Å². The van der Waals surface area contributed by atoms with Crippen molar-refractivity contribution in [2.75, 3.05) is 13.6 Å². The van der Waals surface area contributed by atoms with Crippen molar-refractivity contribution in [1.29, 1.82) is 0 Å². The SMILES string of the molecule is Cc1ccc(C(C(=O)NC(C)(C)C)N(C)C(=O)CNC(=O)OC(C)(C)C)c(C)c1. The summed E-state index contributed by atoms with van der Waals surface area (Å²) in [4.78, 5) is 39.0. The van der Waals surface area contributed by atoms with Crippen molar-refractivity contribution >= 4 is 17.9 Å². The molecule has 1 aromatic carbocycles. The first-order valence-electron chi connectivity index (χ1n) is 9.72. The Morgan fingerprint density at radius 2 is 1.66 bits per heavy atom. The van der Waals surface area contributed by atoms with Gasteiger partial charge in [-0.3, -0.25) is 9.59 Å². The molecule has 1 rings (SSSR count). The summed E-state index contributed by atoms with van der Waals surface area (Å²) in [5, 5.41) is 5.40. The number of amides is 3. The smallest absolute Gasteiger partial charge is 0.408 e. The number of rotatable bonds is 5. The molecule has 0 spiro atoms. The standard InChI is InChI=1S/C22H35N3O4/c1-14-10-11-16(15(2)12-14)18(19(27)24-21(3,4)5)25(9)17(26)13-23-20(28)29-22(6,7)8/h10-12,18H,13H2,1-9H3,(H,23,28)(H,24,27). The average Bonchev–Trinajstić information content (AvgIpc) is 2.51. The van der Waals surface area contributed by atoms with Gasteiger partial charge >= 0.3 is 6.09 Å². The number of hydrogen-bond acceptors (Lipinski definition) is 4. The first kappa shape index (κ1) is 24.5. The summed E-state index contributed by atoms with van der Waals surface area (Å²) in [6, 6.07) is 4.94. The van der Waals surface area contributed by atoms with E-state index < -0.39 is 29.2 Å². The monoisotopic (exact) mass is 405 g/mol. The molecule has 0 aromatic heterocycles. The van der Waals surface area contributed by atoms with Crippen LogP contribution in [0.1, 0.15) is 64.3 Å². The zero-order valence-electron chi connectivity index (χ0n) is 19.1. The molecule has 3 amide bonds. The molecule has 1 unspecified atom stereocenters. The summed E-state index contributed by atoms with van der Waals surface area (Å²) in [5.74, 6) is -0.678. The molecule has 0 aliphatic heterocycles. The van der Waals surface area contributed by atoms with Crippen molar-refractivity contribution in [2.24, 2.45) is 0 Å². The van der Waals surface area contributed by atoms with Crippen LogP contribution in [0.4, 0.5) is 4.79 Å². The normalized spacial score (nSPS) is 12.7. The van der Waals surface area contributed by atoms with Crippen LogP contribution >= 0.6 is 0 Å². The zero-order valence-corrected chi connectivity index (χ0v) is 19.1. The maximum absolute atomic E-state index is 13.1. The Labute approximate surface area is 174 Å². The number of ether oxygens (including phenoxy) is 1. The van der Waals surface area contributed by atoms with Gasteiger partial charge in [-0.05, 0) is 66.5 Å². The molecule has 0 aliphatic carbocycles. The number of carbonyl (C=O) groups excluding carboxylic acids is 3. The van der Waals surface area contributed by atoms with Gasteiger partial charge in [-0.2, -0.15) is 0 Å². The van der Waals surface area contributed by atoms with E-state index in [1.165, 1.54) is 4.90 Å².